The van der Waals surface area contributed by atoms with Crippen LogP contribution in [0.25, 0.3) is 0 Å². The monoisotopic (exact) mass is 304 g/mol. The molecule has 1 spiro atoms. The molecule has 3 rings (SSSR count). The number of rotatable bonds is 0. The maximum absolute atomic E-state index is 12.2. The minimum Gasteiger partial charge on any atom is -0.444 e. The zero-order valence-corrected chi connectivity index (χ0v) is 13.0. The molecule has 1 saturated heterocycles. The van der Waals surface area contributed by atoms with Crippen LogP contribution >= 0.6 is 0 Å². The van der Waals surface area contributed by atoms with Crippen molar-refractivity contribution in [2.24, 2.45) is 0 Å². The second kappa shape index (κ2) is 4.90. The summed E-state index contributed by atoms with van der Waals surface area (Å²) in [7, 11) is 0. The predicted molar refractivity (Wildman–Crippen MR) is 80.6 cm³/mol. The highest BCUT2D eigenvalue weighted by Gasteiger charge is 2.49. The molecule has 0 unspecified atom stereocenters. The second-order valence-electron chi connectivity index (χ2n) is 6.71. The number of carbonyl (C=O) groups excluding carboxylic acids is 2. The van der Waals surface area contributed by atoms with Gasteiger partial charge in [-0.3, -0.25) is 5.32 Å². The minimum atomic E-state index is -0.782. The van der Waals surface area contributed by atoms with Gasteiger partial charge >= 0.3 is 12.2 Å². The van der Waals surface area contributed by atoms with Gasteiger partial charge in [0.2, 0.25) is 0 Å². The lowest BCUT2D eigenvalue weighted by molar-refractivity contribution is 0.00433. The van der Waals surface area contributed by atoms with Crippen molar-refractivity contribution >= 4 is 17.9 Å². The Balaban J connectivity index is 1.85. The lowest BCUT2D eigenvalue weighted by Crippen LogP contribution is -2.43. The Kier molecular flexibility index (Phi) is 3.27. The Labute approximate surface area is 129 Å². The van der Waals surface area contributed by atoms with E-state index in [9.17, 15) is 9.59 Å². The maximum Gasteiger partial charge on any atom is 0.412 e. The van der Waals surface area contributed by atoms with Gasteiger partial charge in [0.15, 0.2) is 5.60 Å². The summed E-state index contributed by atoms with van der Waals surface area (Å²) in [6, 6.07) is 7.53. The number of hydrogen-bond donors (Lipinski definition) is 1. The lowest BCUT2D eigenvalue weighted by atomic mass is 9.90. The summed E-state index contributed by atoms with van der Waals surface area (Å²) in [5.41, 5.74) is 0.316. The first kappa shape index (κ1) is 14.7. The van der Waals surface area contributed by atoms with Gasteiger partial charge in [0.05, 0.1) is 12.2 Å². The largest absolute Gasteiger partial charge is 0.444 e. The molecule has 6 nitrogen and oxygen atoms in total. The van der Waals surface area contributed by atoms with Crippen LogP contribution in [-0.2, 0) is 15.1 Å². The van der Waals surface area contributed by atoms with Crippen molar-refractivity contribution < 1.29 is 19.1 Å². The van der Waals surface area contributed by atoms with Crippen LogP contribution in [0.4, 0.5) is 15.3 Å². The fourth-order valence-corrected chi connectivity index (χ4v) is 2.92. The molecular weight excluding hydrogens is 284 g/mol. The number of ether oxygens (including phenoxy) is 2. The zero-order valence-electron chi connectivity index (χ0n) is 13.0. The van der Waals surface area contributed by atoms with E-state index in [4.69, 9.17) is 9.47 Å². The molecule has 0 radical (unpaired) electrons. The molecule has 0 aliphatic carbocycles. The summed E-state index contributed by atoms with van der Waals surface area (Å²) in [5.74, 6) is 0. The first-order valence-corrected chi connectivity index (χ1v) is 7.37. The van der Waals surface area contributed by atoms with Crippen LogP contribution in [-0.4, -0.2) is 35.8 Å². The van der Waals surface area contributed by atoms with Crippen LogP contribution in [0.1, 0.15) is 32.8 Å². The Morgan fingerprint density at radius 2 is 2.09 bits per heavy atom. The molecule has 1 aromatic carbocycles. The van der Waals surface area contributed by atoms with Gasteiger partial charge in [0.1, 0.15) is 5.60 Å². The fourth-order valence-electron chi connectivity index (χ4n) is 2.92. The van der Waals surface area contributed by atoms with E-state index in [1.807, 2.05) is 45.0 Å². The molecule has 2 heterocycles. The van der Waals surface area contributed by atoms with Gasteiger partial charge in [-0.05, 0) is 26.8 Å². The molecule has 1 atom stereocenters. The van der Waals surface area contributed by atoms with Crippen molar-refractivity contribution in [1.29, 1.82) is 0 Å². The Morgan fingerprint density at radius 3 is 2.82 bits per heavy atom. The Bertz CT molecular complexity index is 623. The van der Waals surface area contributed by atoms with Gasteiger partial charge in [-0.2, -0.15) is 0 Å². The van der Waals surface area contributed by atoms with Gasteiger partial charge in [0, 0.05) is 18.5 Å². The van der Waals surface area contributed by atoms with Crippen LogP contribution in [0, 0.1) is 0 Å². The molecule has 2 amide bonds. The summed E-state index contributed by atoms with van der Waals surface area (Å²) in [6.07, 6.45) is -0.294. The third-order valence-corrected chi connectivity index (χ3v) is 3.83. The number of para-hydroxylation sites is 1. The molecule has 1 aromatic rings. The highest BCUT2D eigenvalue weighted by atomic mass is 16.6. The van der Waals surface area contributed by atoms with Crippen molar-refractivity contribution in [3.8, 4) is 0 Å². The van der Waals surface area contributed by atoms with Crippen LogP contribution in [0.15, 0.2) is 24.3 Å². The number of likely N-dealkylation sites (tertiary alicyclic amines) is 1. The van der Waals surface area contributed by atoms with E-state index < -0.39 is 17.3 Å². The summed E-state index contributed by atoms with van der Waals surface area (Å²) in [6.45, 7) is 6.30. The molecule has 2 aliphatic rings. The zero-order chi connectivity index (χ0) is 16.0. The van der Waals surface area contributed by atoms with Gasteiger partial charge in [0.25, 0.3) is 0 Å². The molecule has 118 valence electrons. The van der Waals surface area contributed by atoms with Gasteiger partial charge in [-0.1, -0.05) is 18.2 Å². The number of amides is 2. The first-order chi connectivity index (χ1) is 10.3. The third kappa shape index (κ3) is 2.61. The number of benzene rings is 1. The third-order valence-electron chi connectivity index (χ3n) is 3.83. The van der Waals surface area contributed by atoms with Gasteiger partial charge < -0.3 is 14.4 Å². The van der Waals surface area contributed by atoms with E-state index in [1.165, 1.54) is 0 Å². The van der Waals surface area contributed by atoms with E-state index in [1.54, 1.807) is 4.90 Å². The molecular formula is C16H20N2O4. The fraction of sp³-hybridized carbons (Fsp3) is 0.500. The molecule has 0 saturated carbocycles. The van der Waals surface area contributed by atoms with Gasteiger partial charge in [-0.15, -0.1) is 0 Å². The molecule has 0 aromatic heterocycles. The van der Waals surface area contributed by atoms with Crippen molar-refractivity contribution in [3.05, 3.63) is 29.8 Å². The van der Waals surface area contributed by atoms with E-state index >= 15 is 0 Å². The lowest BCUT2D eigenvalue weighted by Gasteiger charge is -2.35. The predicted octanol–water partition coefficient (Wildman–Crippen LogP) is 3.08. The van der Waals surface area contributed by atoms with E-state index in [0.29, 0.717) is 19.5 Å². The number of nitrogens with zero attached hydrogens (tertiary/aromatic N) is 1. The number of fused-ring (bicyclic) bond motifs is 2. The molecule has 2 aliphatic heterocycles. The highest BCUT2D eigenvalue weighted by molar-refractivity contribution is 5.89. The number of hydrogen-bond acceptors (Lipinski definition) is 4. The summed E-state index contributed by atoms with van der Waals surface area (Å²) < 4.78 is 11.0. The molecule has 1 N–H and O–H groups in total. The second-order valence-corrected chi connectivity index (χ2v) is 6.71. The normalized spacial score (nSPS) is 23.8. The van der Waals surface area contributed by atoms with Crippen molar-refractivity contribution in [2.75, 3.05) is 18.4 Å². The van der Waals surface area contributed by atoms with E-state index in [-0.39, 0.29) is 6.09 Å². The SMILES string of the molecule is CC(C)(C)OC(=O)N1CC[C@@]2(C1)OC(=O)Nc1ccccc12. The topological polar surface area (TPSA) is 67.9 Å². The average Bonchev–Trinajstić information content (AvgIpc) is 2.81. The Hall–Kier alpha value is -2.24. The first-order valence-electron chi connectivity index (χ1n) is 7.37. The van der Waals surface area contributed by atoms with Crippen LogP contribution in [0.5, 0.6) is 0 Å². The summed E-state index contributed by atoms with van der Waals surface area (Å²) >= 11 is 0. The van der Waals surface area contributed by atoms with E-state index in [0.717, 1.165) is 11.3 Å². The quantitative estimate of drug-likeness (QED) is 0.799. The number of anilines is 1. The molecule has 6 heteroatoms. The van der Waals surface area contributed by atoms with Crippen molar-refractivity contribution in [2.45, 2.75) is 38.4 Å². The highest BCUT2D eigenvalue weighted by Crippen LogP contribution is 2.42. The smallest absolute Gasteiger partial charge is 0.412 e. The van der Waals surface area contributed by atoms with Crippen molar-refractivity contribution in [3.63, 3.8) is 0 Å². The van der Waals surface area contributed by atoms with Crippen LogP contribution in [0.2, 0.25) is 0 Å². The van der Waals surface area contributed by atoms with Crippen molar-refractivity contribution in [1.82, 2.24) is 4.90 Å². The molecule has 22 heavy (non-hydrogen) atoms. The number of nitrogens with one attached hydrogen (secondary N) is 1. The number of carbonyl (C=O) groups is 2. The summed E-state index contributed by atoms with van der Waals surface area (Å²) in [4.78, 5) is 25.7. The standard InChI is InChI=1S/C16H20N2O4/c1-15(2,3)22-14(20)18-9-8-16(10-18)11-6-4-5-7-12(11)17-13(19)21-16/h4-7H,8-10H2,1-3H3,(H,17,19)/t16-/m0/s1. The van der Waals surface area contributed by atoms with Gasteiger partial charge in [-0.25, -0.2) is 9.59 Å². The molecule has 0 bridgehead atoms. The van der Waals surface area contributed by atoms with Crippen LogP contribution in [0.3, 0.4) is 0 Å². The Morgan fingerprint density at radius 1 is 1.36 bits per heavy atom. The summed E-state index contributed by atoms with van der Waals surface area (Å²) in [5, 5.41) is 2.70. The maximum atomic E-state index is 12.2. The van der Waals surface area contributed by atoms with Crippen LogP contribution < -0.4 is 5.32 Å². The molecule has 1 fully saturated rings. The minimum absolute atomic E-state index is 0.312. The van der Waals surface area contributed by atoms with E-state index in [2.05, 4.69) is 5.32 Å². The average molecular weight is 304 g/mol.